The van der Waals surface area contributed by atoms with E-state index in [1.807, 2.05) is 13.8 Å². The van der Waals surface area contributed by atoms with Gasteiger partial charge < -0.3 is 15.7 Å². The summed E-state index contributed by atoms with van der Waals surface area (Å²) in [5, 5.41) is 17.2. The summed E-state index contributed by atoms with van der Waals surface area (Å²) in [5.74, 6) is 0.357. The second kappa shape index (κ2) is 8.06. The van der Waals surface area contributed by atoms with E-state index in [9.17, 15) is 8.78 Å². The molecular weight excluding hydrogens is 266 g/mol. The van der Waals surface area contributed by atoms with Gasteiger partial charge in [0, 0.05) is 18.7 Å². The quantitative estimate of drug-likeness (QED) is 0.750. The normalized spacial score (nSPS) is 11.2. The van der Waals surface area contributed by atoms with Crippen LogP contribution in [-0.4, -0.2) is 41.4 Å². The summed E-state index contributed by atoms with van der Waals surface area (Å²) >= 11 is 0. The van der Waals surface area contributed by atoms with E-state index in [0.717, 1.165) is 29.7 Å². The van der Waals surface area contributed by atoms with E-state index >= 15 is 0 Å². The topological polar surface area (TPSA) is 75.3 Å². The van der Waals surface area contributed by atoms with Gasteiger partial charge in [-0.15, -0.1) is 5.10 Å². The van der Waals surface area contributed by atoms with Gasteiger partial charge in [0.25, 0.3) is 6.43 Å². The van der Waals surface area contributed by atoms with E-state index in [0.29, 0.717) is 5.82 Å². The van der Waals surface area contributed by atoms with Gasteiger partial charge in [-0.05, 0) is 18.4 Å². The molecule has 1 heterocycles. The predicted molar refractivity (Wildman–Crippen MR) is 74.0 cm³/mol. The SMILES string of the molecule is CCc1nnc(N(CCO)CC(F)F)c(CN)c1CC. The van der Waals surface area contributed by atoms with E-state index in [2.05, 4.69) is 10.2 Å². The van der Waals surface area contributed by atoms with Gasteiger partial charge in [0.1, 0.15) is 0 Å². The van der Waals surface area contributed by atoms with Crippen molar-refractivity contribution in [2.45, 2.75) is 39.7 Å². The number of rotatable bonds is 8. The first-order chi connectivity index (χ1) is 9.58. The fourth-order valence-electron chi connectivity index (χ4n) is 2.28. The van der Waals surface area contributed by atoms with Crippen LogP contribution in [-0.2, 0) is 19.4 Å². The Morgan fingerprint density at radius 3 is 2.35 bits per heavy atom. The molecular formula is C13H22F2N4O. The molecule has 1 aromatic heterocycles. The molecule has 0 aliphatic rings. The Balaban J connectivity index is 3.26. The molecule has 0 saturated carbocycles. The van der Waals surface area contributed by atoms with E-state index in [1.54, 1.807) is 0 Å². The third-order valence-corrected chi connectivity index (χ3v) is 3.17. The van der Waals surface area contributed by atoms with Gasteiger partial charge in [-0.3, -0.25) is 0 Å². The summed E-state index contributed by atoms with van der Waals surface area (Å²) in [5.41, 5.74) is 8.33. The summed E-state index contributed by atoms with van der Waals surface area (Å²) in [6, 6.07) is 0. The summed E-state index contributed by atoms with van der Waals surface area (Å²) < 4.78 is 25.3. The van der Waals surface area contributed by atoms with Crippen LogP contribution in [0.4, 0.5) is 14.6 Å². The Hall–Kier alpha value is -1.34. The van der Waals surface area contributed by atoms with Crippen molar-refractivity contribution < 1.29 is 13.9 Å². The summed E-state index contributed by atoms with van der Waals surface area (Å²) in [4.78, 5) is 1.35. The molecule has 0 radical (unpaired) electrons. The number of nitrogens with two attached hydrogens (primary N) is 1. The summed E-state index contributed by atoms with van der Waals surface area (Å²) in [6.07, 6.45) is -1.07. The Bertz CT molecular complexity index is 429. The van der Waals surface area contributed by atoms with E-state index in [4.69, 9.17) is 10.8 Å². The third kappa shape index (κ3) is 3.83. The number of hydrogen-bond donors (Lipinski definition) is 2. The lowest BCUT2D eigenvalue weighted by Crippen LogP contribution is -2.34. The first-order valence-corrected chi connectivity index (χ1v) is 6.80. The Morgan fingerprint density at radius 1 is 1.20 bits per heavy atom. The van der Waals surface area contributed by atoms with Crippen LogP contribution < -0.4 is 10.6 Å². The summed E-state index contributed by atoms with van der Waals surface area (Å²) in [7, 11) is 0. The van der Waals surface area contributed by atoms with E-state index < -0.39 is 13.0 Å². The van der Waals surface area contributed by atoms with Crippen LogP contribution in [0.3, 0.4) is 0 Å². The van der Waals surface area contributed by atoms with Gasteiger partial charge in [0.05, 0.1) is 18.8 Å². The minimum Gasteiger partial charge on any atom is -0.395 e. The van der Waals surface area contributed by atoms with E-state index in [-0.39, 0.29) is 19.7 Å². The molecule has 0 unspecified atom stereocenters. The highest BCUT2D eigenvalue weighted by atomic mass is 19.3. The van der Waals surface area contributed by atoms with Crippen molar-refractivity contribution in [3.8, 4) is 0 Å². The molecule has 0 spiro atoms. The zero-order chi connectivity index (χ0) is 15.1. The monoisotopic (exact) mass is 288 g/mol. The van der Waals surface area contributed by atoms with Gasteiger partial charge >= 0.3 is 0 Å². The molecule has 7 heteroatoms. The number of halogens is 2. The van der Waals surface area contributed by atoms with Crippen LogP contribution >= 0.6 is 0 Å². The van der Waals surface area contributed by atoms with Crippen molar-refractivity contribution in [3.05, 3.63) is 16.8 Å². The average Bonchev–Trinajstić information content (AvgIpc) is 2.44. The molecule has 0 atom stereocenters. The number of nitrogens with zero attached hydrogens (tertiary/aromatic N) is 3. The van der Waals surface area contributed by atoms with Crippen molar-refractivity contribution >= 4 is 5.82 Å². The molecule has 0 saturated heterocycles. The molecule has 0 bridgehead atoms. The predicted octanol–water partition coefficient (Wildman–Crippen LogP) is 1.12. The second-order valence-electron chi connectivity index (χ2n) is 4.40. The Kier molecular flexibility index (Phi) is 6.74. The van der Waals surface area contributed by atoms with Gasteiger partial charge in [-0.2, -0.15) is 5.10 Å². The number of alkyl halides is 2. The fraction of sp³-hybridized carbons (Fsp3) is 0.692. The molecule has 0 fully saturated rings. The molecule has 0 amide bonds. The maximum atomic E-state index is 12.7. The number of aromatic nitrogens is 2. The highest BCUT2D eigenvalue weighted by Crippen LogP contribution is 2.24. The van der Waals surface area contributed by atoms with Crippen molar-refractivity contribution in [2.24, 2.45) is 5.73 Å². The fourth-order valence-corrected chi connectivity index (χ4v) is 2.28. The molecule has 1 rings (SSSR count). The standard InChI is InChI=1S/C13H22F2N4O/c1-3-9-10(7-16)13(18-17-11(9)4-2)19(5-6-20)8-12(14)15/h12,20H,3-8,16H2,1-2H3. The van der Waals surface area contributed by atoms with Crippen LogP contribution in [0.5, 0.6) is 0 Å². The molecule has 0 aromatic carbocycles. The number of anilines is 1. The Labute approximate surface area is 117 Å². The van der Waals surface area contributed by atoms with Crippen LogP contribution in [0.15, 0.2) is 0 Å². The lowest BCUT2D eigenvalue weighted by atomic mass is 10.0. The van der Waals surface area contributed by atoms with Crippen molar-refractivity contribution in [1.82, 2.24) is 10.2 Å². The lowest BCUT2D eigenvalue weighted by Gasteiger charge is -2.25. The van der Waals surface area contributed by atoms with Gasteiger partial charge in [0.2, 0.25) is 0 Å². The van der Waals surface area contributed by atoms with Crippen LogP contribution in [0.2, 0.25) is 0 Å². The molecule has 0 aliphatic carbocycles. The Morgan fingerprint density at radius 2 is 1.90 bits per heavy atom. The lowest BCUT2D eigenvalue weighted by molar-refractivity contribution is 0.152. The molecule has 5 nitrogen and oxygen atoms in total. The number of aryl methyl sites for hydroxylation is 1. The number of aliphatic hydroxyl groups excluding tert-OH is 1. The third-order valence-electron chi connectivity index (χ3n) is 3.17. The minimum atomic E-state index is -2.51. The van der Waals surface area contributed by atoms with Gasteiger partial charge in [-0.1, -0.05) is 13.8 Å². The first-order valence-electron chi connectivity index (χ1n) is 6.80. The van der Waals surface area contributed by atoms with Crippen LogP contribution in [0, 0.1) is 0 Å². The molecule has 0 aliphatic heterocycles. The van der Waals surface area contributed by atoms with Crippen molar-refractivity contribution in [3.63, 3.8) is 0 Å². The van der Waals surface area contributed by atoms with Gasteiger partial charge in [0.15, 0.2) is 5.82 Å². The maximum absolute atomic E-state index is 12.7. The molecule has 20 heavy (non-hydrogen) atoms. The highest BCUT2D eigenvalue weighted by Gasteiger charge is 2.20. The average molecular weight is 288 g/mol. The number of aliphatic hydroxyl groups is 1. The molecule has 1 aromatic rings. The highest BCUT2D eigenvalue weighted by molar-refractivity contribution is 5.51. The smallest absolute Gasteiger partial charge is 0.255 e. The minimum absolute atomic E-state index is 0.0840. The first kappa shape index (κ1) is 16.7. The summed E-state index contributed by atoms with van der Waals surface area (Å²) in [6.45, 7) is 3.52. The second-order valence-corrected chi connectivity index (χ2v) is 4.40. The van der Waals surface area contributed by atoms with Gasteiger partial charge in [-0.25, -0.2) is 8.78 Å². The zero-order valence-corrected chi connectivity index (χ0v) is 11.9. The molecule has 114 valence electrons. The van der Waals surface area contributed by atoms with Crippen molar-refractivity contribution in [1.29, 1.82) is 0 Å². The van der Waals surface area contributed by atoms with Crippen LogP contribution in [0.25, 0.3) is 0 Å². The van der Waals surface area contributed by atoms with Crippen LogP contribution in [0.1, 0.15) is 30.7 Å². The zero-order valence-electron chi connectivity index (χ0n) is 11.9. The largest absolute Gasteiger partial charge is 0.395 e. The molecule has 3 N–H and O–H groups in total. The number of hydrogen-bond acceptors (Lipinski definition) is 5. The van der Waals surface area contributed by atoms with E-state index in [1.165, 1.54) is 4.90 Å². The van der Waals surface area contributed by atoms with Crippen molar-refractivity contribution in [2.75, 3.05) is 24.6 Å². The maximum Gasteiger partial charge on any atom is 0.255 e.